The van der Waals surface area contributed by atoms with Crippen molar-refractivity contribution >= 4 is 17.3 Å². The van der Waals surface area contributed by atoms with Gasteiger partial charge in [0.2, 0.25) is 0 Å². The average Bonchev–Trinajstić information content (AvgIpc) is 3.00. The molecule has 116 valence electrons. The minimum Gasteiger partial charge on any atom is -0.481 e. The summed E-state index contributed by atoms with van der Waals surface area (Å²) in [5.41, 5.74) is 0.809. The highest BCUT2D eigenvalue weighted by molar-refractivity contribution is 7.12. The zero-order valence-corrected chi connectivity index (χ0v) is 13.9. The van der Waals surface area contributed by atoms with Crippen molar-refractivity contribution in [3.63, 3.8) is 0 Å². The van der Waals surface area contributed by atoms with Gasteiger partial charge in [0, 0.05) is 22.3 Å². The van der Waals surface area contributed by atoms with Gasteiger partial charge in [0.1, 0.15) is 0 Å². The molecule has 1 heterocycles. The lowest BCUT2D eigenvalue weighted by Crippen LogP contribution is -2.49. The maximum Gasteiger partial charge on any atom is 0.308 e. The van der Waals surface area contributed by atoms with Crippen molar-refractivity contribution < 1.29 is 9.90 Å². The smallest absolute Gasteiger partial charge is 0.308 e. The Balaban J connectivity index is 1.65. The van der Waals surface area contributed by atoms with Crippen LogP contribution >= 0.6 is 11.3 Å². The lowest BCUT2D eigenvalue weighted by molar-refractivity contribution is -0.136. The van der Waals surface area contributed by atoms with E-state index in [9.17, 15) is 4.79 Å². The van der Waals surface area contributed by atoms with Crippen molar-refractivity contribution in [3.8, 4) is 0 Å². The second kappa shape index (κ2) is 5.10. The minimum absolute atomic E-state index is 0.138. The summed E-state index contributed by atoms with van der Waals surface area (Å²) in [7, 11) is 0. The maximum atomic E-state index is 10.8. The van der Waals surface area contributed by atoms with Crippen LogP contribution in [0.1, 0.15) is 49.8 Å². The first kappa shape index (κ1) is 15.0. The Morgan fingerprint density at radius 3 is 2.71 bits per heavy atom. The first-order chi connectivity index (χ1) is 9.81. The van der Waals surface area contributed by atoms with Gasteiger partial charge in [-0.2, -0.15) is 0 Å². The van der Waals surface area contributed by atoms with Crippen LogP contribution in [0.25, 0.3) is 0 Å². The molecule has 2 bridgehead atoms. The van der Waals surface area contributed by atoms with E-state index in [4.69, 9.17) is 5.11 Å². The van der Waals surface area contributed by atoms with Crippen LogP contribution < -0.4 is 5.32 Å². The third kappa shape index (κ3) is 2.64. The number of fused-ring (bicyclic) bond motifs is 2. The predicted molar refractivity (Wildman–Crippen MR) is 85.5 cm³/mol. The highest BCUT2D eigenvalue weighted by Gasteiger charge is 2.58. The summed E-state index contributed by atoms with van der Waals surface area (Å²) >= 11 is 1.62. The Morgan fingerprint density at radius 1 is 1.38 bits per heavy atom. The Morgan fingerprint density at radius 2 is 2.10 bits per heavy atom. The number of carboxylic acid groups (broad SMARTS) is 1. The number of hydrogen-bond donors (Lipinski definition) is 2. The number of aliphatic carboxylic acids is 1. The molecule has 3 rings (SSSR count). The number of rotatable bonds is 5. The first-order valence-corrected chi connectivity index (χ1v) is 8.66. The van der Waals surface area contributed by atoms with Gasteiger partial charge in [0.15, 0.2) is 0 Å². The molecule has 0 saturated heterocycles. The van der Waals surface area contributed by atoms with E-state index in [1.165, 1.54) is 24.1 Å². The number of nitrogens with one attached hydrogen (secondary N) is 1. The van der Waals surface area contributed by atoms with Gasteiger partial charge in [-0.25, -0.2) is 0 Å². The van der Waals surface area contributed by atoms with Crippen LogP contribution in [0.5, 0.6) is 0 Å². The van der Waals surface area contributed by atoms with E-state index in [1.54, 1.807) is 11.3 Å². The summed E-state index contributed by atoms with van der Waals surface area (Å²) in [6.07, 6.45) is 4.21. The molecule has 3 atom stereocenters. The Hall–Kier alpha value is -0.870. The summed E-state index contributed by atoms with van der Waals surface area (Å²) in [5, 5.41) is 12.6. The van der Waals surface area contributed by atoms with Crippen molar-refractivity contribution in [1.29, 1.82) is 0 Å². The summed E-state index contributed by atoms with van der Waals surface area (Å²) in [6, 6.07) is 4.58. The van der Waals surface area contributed by atoms with E-state index in [2.05, 4.69) is 32.2 Å². The quantitative estimate of drug-likeness (QED) is 0.872. The number of carboxylic acids is 1. The molecule has 4 heteroatoms. The van der Waals surface area contributed by atoms with Crippen molar-refractivity contribution in [2.45, 2.75) is 59.0 Å². The van der Waals surface area contributed by atoms with Gasteiger partial charge in [0.05, 0.1) is 6.42 Å². The summed E-state index contributed by atoms with van der Waals surface area (Å²) < 4.78 is 0. The van der Waals surface area contributed by atoms with Gasteiger partial charge in [0.25, 0.3) is 0 Å². The van der Waals surface area contributed by atoms with Gasteiger partial charge in [-0.05, 0) is 48.1 Å². The second-order valence-corrected chi connectivity index (χ2v) is 8.92. The van der Waals surface area contributed by atoms with Crippen LogP contribution in [0, 0.1) is 16.7 Å². The van der Waals surface area contributed by atoms with E-state index in [-0.39, 0.29) is 6.42 Å². The predicted octanol–water partition coefficient (Wildman–Crippen LogP) is 3.68. The molecule has 2 aliphatic rings. The fraction of sp³-hybridized carbons (Fsp3) is 0.706. The van der Waals surface area contributed by atoms with Gasteiger partial charge in [-0.1, -0.05) is 20.8 Å². The summed E-state index contributed by atoms with van der Waals surface area (Å²) in [5.74, 6) is 0.101. The van der Waals surface area contributed by atoms with Crippen LogP contribution in [0.4, 0.5) is 0 Å². The lowest BCUT2D eigenvalue weighted by Gasteiger charge is -2.43. The SMILES string of the molecule is CC12CCC(C1)C(C)(C)C2NCc1ccc(CC(=O)O)s1. The van der Waals surface area contributed by atoms with E-state index in [0.29, 0.717) is 16.9 Å². The molecule has 1 aromatic rings. The Labute approximate surface area is 130 Å². The van der Waals surface area contributed by atoms with Crippen LogP contribution in [-0.2, 0) is 17.8 Å². The molecule has 0 radical (unpaired) electrons. The maximum absolute atomic E-state index is 10.8. The van der Waals surface area contributed by atoms with E-state index in [0.717, 1.165) is 17.3 Å². The molecular formula is C17H25NO2S. The highest BCUT2D eigenvalue weighted by Crippen LogP contribution is 2.62. The van der Waals surface area contributed by atoms with E-state index < -0.39 is 5.97 Å². The number of hydrogen-bond acceptors (Lipinski definition) is 3. The molecule has 2 N–H and O–H groups in total. The van der Waals surface area contributed by atoms with Crippen LogP contribution in [-0.4, -0.2) is 17.1 Å². The zero-order valence-electron chi connectivity index (χ0n) is 13.1. The van der Waals surface area contributed by atoms with Gasteiger partial charge < -0.3 is 10.4 Å². The zero-order chi connectivity index (χ0) is 15.3. The van der Waals surface area contributed by atoms with Crippen LogP contribution in [0.15, 0.2) is 12.1 Å². The third-order valence-electron chi connectivity index (χ3n) is 5.79. The van der Waals surface area contributed by atoms with Gasteiger partial charge in [-0.15, -0.1) is 11.3 Å². The number of carbonyl (C=O) groups is 1. The molecule has 1 aromatic heterocycles. The monoisotopic (exact) mass is 307 g/mol. The van der Waals surface area contributed by atoms with Crippen molar-refractivity contribution in [1.82, 2.24) is 5.32 Å². The molecule has 2 fully saturated rings. The topological polar surface area (TPSA) is 49.3 Å². The van der Waals surface area contributed by atoms with Crippen LogP contribution in [0.2, 0.25) is 0 Å². The average molecular weight is 307 g/mol. The first-order valence-electron chi connectivity index (χ1n) is 7.84. The normalized spacial score (nSPS) is 33.5. The molecule has 2 saturated carbocycles. The standard InChI is InChI=1S/C17H25NO2S/c1-16(2)11-6-7-17(3,9-11)15(16)18-10-13-5-4-12(21-13)8-14(19)20/h4-5,11,15,18H,6-10H2,1-3H3,(H,19,20). The molecule has 3 unspecified atom stereocenters. The largest absolute Gasteiger partial charge is 0.481 e. The van der Waals surface area contributed by atoms with Crippen molar-refractivity contribution in [2.75, 3.05) is 0 Å². The summed E-state index contributed by atoms with van der Waals surface area (Å²) in [4.78, 5) is 12.9. The van der Waals surface area contributed by atoms with Gasteiger partial charge in [-0.3, -0.25) is 4.79 Å². The van der Waals surface area contributed by atoms with Gasteiger partial charge >= 0.3 is 5.97 Å². The van der Waals surface area contributed by atoms with Crippen molar-refractivity contribution in [3.05, 3.63) is 21.9 Å². The number of thiophene rings is 1. The molecule has 3 nitrogen and oxygen atoms in total. The molecule has 0 aromatic carbocycles. The minimum atomic E-state index is -0.752. The third-order valence-corrected chi connectivity index (χ3v) is 6.88. The van der Waals surface area contributed by atoms with Crippen molar-refractivity contribution in [2.24, 2.45) is 16.7 Å². The second-order valence-electron chi connectivity index (χ2n) is 7.67. The molecule has 0 amide bonds. The van der Waals surface area contributed by atoms with E-state index in [1.807, 2.05) is 6.07 Å². The molecule has 0 spiro atoms. The highest BCUT2D eigenvalue weighted by atomic mass is 32.1. The van der Waals surface area contributed by atoms with Crippen LogP contribution in [0.3, 0.4) is 0 Å². The molecular weight excluding hydrogens is 282 g/mol. The molecule has 0 aliphatic heterocycles. The molecule has 2 aliphatic carbocycles. The lowest BCUT2D eigenvalue weighted by atomic mass is 9.68. The molecule has 21 heavy (non-hydrogen) atoms. The fourth-order valence-corrected chi connectivity index (χ4v) is 5.74. The van der Waals surface area contributed by atoms with E-state index >= 15 is 0 Å². The summed E-state index contributed by atoms with van der Waals surface area (Å²) in [6.45, 7) is 8.11. The Bertz CT molecular complexity index is 546. The fourth-order valence-electron chi connectivity index (χ4n) is 4.78. The Kier molecular flexibility index (Phi) is 3.65.